The molecule has 1 aliphatic rings. The predicted octanol–water partition coefficient (Wildman–Crippen LogP) is 5.16. The van der Waals surface area contributed by atoms with Gasteiger partial charge in [-0.1, -0.05) is 18.2 Å². The molecular weight excluding hydrogens is 406 g/mol. The Morgan fingerprint density at radius 3 is 2.22 bits per heavy atom. The first-order valence-electron chi connectivity index (χ1n) is 10.7. The molecular formula is C26H29NO5. The molecule has 0 saturated carbocycles. The van der Waals surface area contributed by atoms with Crippen molar-refractivity contribution in [3.8, 4) is 28.7 Å². The summed E-state index contributed by atoms with van der Waals surface area (Å²) in [6, 6.07) is 15.7. The van der Waals surface area contributed by atoms with E-state index in [2.05, 4.69) is 36.5 Å². The van der Waals surface area contributed by atoms with Gasteiger partial charge in [-0.3, -0.25) is 0 Å². The maximum Gasteiger partial charge on any atom is 0.200 e. The van der Waals surface area contributed by atoms with Crippen molar-refractivity contribution in [3.05, 3.63) is 70.8 Å². The van der Waals surface area contributed by atoms with Crippen molar-refractivity contribution in [2.24, 2.45) is 0 Å². The Hall–Kier alpha value is -3.54. The normalized spacial score (nSPS) is 17.2. The number of anilines is 1. The van der Waals surface area contributed by atoms with Gasteiger partial charge in [0.1, 0.15) is 11.5 Å². The number of hydrogen-bond donors (Lipinski definition) is 3. The quantitative estimate of drug-likeness (QED) is 0.496. The van der Waals surface area contributed by atoms with Crippen molar-refractivity contribution in [3.63, 3.8) is 0 Å². The highest BCUT2D eigenvalue weighted by Crippen LogP contribution is 2.50. The molecule has 3 N–H and O–H groups in total. The lowest BCUT2D eigenvalue weighted by atomic mass is 9.75. The lowest BCUT2D eigenvalue weighted by Gasteiger charge is -2.35. The third-order valence-corrected chi connectivity index (χ3v) is 6.13. The summed E-state index contributed by atoms with van der Waals surface area (Å²) < 4.78 is 17.0. The van der Waals surface area contributed by atoms with Crippen molar-refractivity contribution in [2.45, 2.75) is 25.7 Å². The molecule has 0 aromatic heterocycles. The molecule has 2 unspecified atom stereocenters. The van der Waals surface area contributed by atoms with Gasteiger partial charge in [-0.2, -0.15) is 0 Å². The molecule has 32 heavy (non-hydrogen) atoms. The smallest absolute Gasteiger partial charge is 0.200 e. The molecule has 0 spiro atoms. The van der Waals surface area contributed by atoms with Crippen molar-refractivity contribution < 1.29 is 24.4 Å². The number of fused-ring (bicyclic) bond motifs is 1. The number of phenolic OH excluding ortho intramolecular Hbond substituents is 2. The Balaban J connectivity index is 1.87. The van der Waals surface area contributed by atoms with Crippen molar-refractivity contribution in [2.75, 3.05) is 32.7 Å². The molecule has 0 bridgehead atoms. The highest BCUT2D eigenvalue weighted by molar-refractivity contribution is 5.59. The first-order chi connectivity index (χ1) is 15.5. The van der Waals surface area contributed by atoms with Gasteiger partial charge in [0.25, 0.3) is 0 Å². The van der Waals surface area contributed by atoms with Crippen molar-refractivity contribution in [1.82, 2.24) is 0 Å². The molecule has 2 atom stereocenters. The SMILES string of the molecule is CCNc1ccc(C2c3ccc(O)c(C)c3OCC2c2cc(OC)c(O)c(OC)c2)cc1. The summed E-state index contributed by atoms with van der Waals surface area (Å²) in [4.78, 5) is 0. The Bertz CT molecular complexity index is 1080. The largest absolute Gasteiger partial charge is 0.508 e. The molecule has 1 aliphatic heterocycles. The molecule has 0 radical (unpaired) electrons. The zero-order valence-electron chi connectivity index (χ0n) is 18.8. The van der Waals surface area contributed by atoms with Crippen LogP contribution in [0.1, 0.15) is 41.0 Å². The molecule has 3 aromatic carbocycles. The van der Waals surface area contributed by atoms with E-state index < -0.39 is 0 Å². The van der Waals surface area contributed by atoms with Gasteiger partial charge in [0, 0.05) is 35.2 Å². The van der Waals surface area contributed by atoms with Crippen LogP contribution in [0.2, 0.25) is 0 Å². The van der Waals surface area contributed by atoms with Crippen LogP contribution in [0.4, 0.5) is 5.69 Å². The summed E-state index contributed by atoms with van der Waals surface area (Å²) in [6.07, 6.45) is 0. The Kier molecular flexibility index (Phi) is 6.04. The van der Waals surface area contributed by atoms with Gasteiger partial charge >= 0.3 is 0 Å². The van der Waals surface area contributed by atoms with Crippen LogP contribution in [-0.4, -0.2) is 37.6 Å². The Morgan fingerprint density at radius 2 is 1.62 bits per heavy atom. The molecule has 3 aromatic rings. The van der Waals surface area contributed by atoms with Gasteiger partial charge in [-0.05, 0) is 55.3 Å². The van der Waals surface area contributed by atoms with E-state index in [1.807, 2.05) is 25.1 Å². The van der Waals surface area contributed by atoms with E-state index in [0.717, 1.165) is 40.2 Å². The van der Waals surface area contributed by atoms with Gasteiger partial charge in [-0.15, -0.1) is 0 Å². The summed E-state index contributed by atoms with van der Waals surface area (Å²) >= 11 is 0. The Labute approximate surface area is 188 Å². The van der Waals surface area contributed by atoms with Gasteiger partial charge in [0.2, 0.25) is 5.75 Å². The number of phenols is 2. The number of nitrogens with one attached hydrogen (secondary N) is 1. The molecule has 0 amide bonds. The van der Waals surface area contributed by atoms with Gasteiger partial charge in [0.05, 0.1) is 20.8 Å². The summed E-state index contributed by atoms with van der Waals surface area (Å²) in [5.74, 6) is 1.55. The third kappa shape index (κ3) is 3.77. The van der Waals surface area contributed by atoms with E-state index in [0.29, 0.717) is 18.1 Å². The molecule has 0 saturated heterocycles. The van der Waals surface area contributed by atoms with Crippen LogP contribution in [0, 0.1) is 6.92 Å². The van der Waals surface area contributed by atoms with Gasteiger partial charge in [0.15, 0.2) is 11.5 Å². The van der Waals surface area contributed by atoms with Crippen molar-refractivity contribution in [1.29, 1.82) is 0 Å². The first-order valence-corrected chi connectivity index (χ1v) is 10.7. The first kappa shape index (κ1) is 21.7. The maximum atomic E-state index is 10.4. The van der Waals surface area contributed by atoms with E-state index in [9.17, 15) is 10.2 Å². The minimum absolute atomic E-state index is 0.0207. The zero-order chi connectivity index (χ0) is 22.8. The van der Waals surface area contributed by atoms with Crippen LogP contribution >= 0.6 is 0 Å². The number of aromatic hydroxyl groups is 2. The van der Waals surface area contributed by atoms with Crippen LogP contribution in [0.3, 0.4) is 0 Å². The monoisotopic (exact) mass is 435 g/mol. The average Bonchev–Trinajstić information content (AvgIpc) is 2.82. The molecule has 0 aliphatic carbocycles. The molecule has 1 heterocycles. The topological polar surface area (TPSA) is 80.2 Å². The molecule has 168 valence electrons. The highest BCUT2D eigenvalue weighted by Gasteiger charge is 2.35. The van der Waals surface area contributed by atoms with E-state index in [-0.39, 0.29) is 23.3 Å². The second-order valence-electron chi connectivity index (χ2n) is 7.95. The minimum Gasteiger partial charge on any atom is -0.508 e. The maximum absolute atomic E-state index is 10.4. The molecule has 6 heteroatoms. The number of methoxy groups -OCH3 is 2. The fourth-order valence-corrected chi connectivity index (χ4v) is 4.47. The number of hydrogen-bond acceptors (Lipinski definition) is 6. The molecule has 4 rings (SSSR count). The second-order valence-corrected chi connectivity index (χ2v) is 7.95. The van der Waals surface area contributed by atoms with Crippen LogP contribution < -0.4 is 19.5 Å². The Morgan fingerprint density at radius 1 is 0.969 bits per heavy atom. The number of ether oxygens (including phenoxy) is 3. The molecule has 6 nitrogen and oxygen atoms in total. The number of rotatable bonds is 6. The fourth-order valence-electron chi connectivity index (χ4n) is 4.47. The molecule has 0 fully saturated rings. The van der Waals surface area contributed by atoms with Crippen molar-refractivity contribution >= 4 is 5.69 Å². The fraction of sp³-hybridized carbons (Fsp3) is 0.308. The van der Waals surface area contributed by atoms with Crippen LogP contribution in [0.5, 0.6) is 28.7 Å². The van der Waals surface area contributed by atoms with E-state index >= 15 is 0 Å². The summed E-state index contributed by atoms with van der Waals surface area (Å²) in [7, 11) is 3.04. The minimum atomic E-state index is -0.0557. The highest BCUT2D eigenvalue weighted by atomic mass is 16.5. The second kappa shape index (κ2) is 8.91. The third-order valence-electron chi connectivity index (χ3n) is 6.13. The van der Waals surface area contributed by atoms with Crippen LogP contribution in [0.15, 0.2) is 48.5 Å². The number of benzene rings is 3. The van der Waals surface area contributed by atoms with Gasteiger partial charge < -0.3 is 29.7 Å². The standard InChI is InChI=1S/C26H29NO5/c1-5-27-18-8-6-16(7-9-18)24-19-10-11-21(28)15(2)26(19)32-14-20(24)17-12-22(30-3)25(29)23(13-17)31-4/h6-13,20,24,27-29H,5,14H2,1-4H3. The van der Waals surface area contributed by atoms with Crippen LogP contribution in [-0.2, 0) is 0 Å². The summed E-state index contributed by atoms with van der Waals surface area (Å²) in [5, 5.41) is 23.9. The summed E-state index contributed by atoms with van der Waals surface area (Å²) in [5.41, 5.74) is 4.88. The van der Waals surface area contributed by atoms with Crippen LogP contribution in [0.25, 0.3) is 0 Å². The lowest BCUT2D eigenvalue weighted by Crippen LogP contribution is -2.26. The van der Waals surface area contributed by atoms with E-state index in [4.69, 9.17) is 14.2 Å². The van der Waals surface area contributed by atoms with E-state index in [1.54, 1.807) is 6.07 Å². The zero-order valence-corrected chi connectivity index (χ0v) is 18.8. The van der Waals surface area contributed by atoms with E-state index in [1.165, 1.54) is 14.2 Å². The predicted molar refractivity (Wildman–Crippen MR) is 125 cm³/mol. The van der Waals surface area contributed by atoms with Gasteiger partial charge in [-0.25, -0.2) is 0 Å². The lowest BCUT2D eigenvalue weighted by molar-refractivity contribution is 0.244. The average molecular weight is 436 g/mol. The summed E-state index contributed by atoms with van der Waals surface area (Å²) in [6.45, 7) is 5.20.